The molecule has 2 aromatic carbocycles. The van der Waals surface area contributed by atoms with E-state index in [1.807, 2.05) is 32.0 Å². The molecule has 0 radical (unpaired) electrons. The third kappa shape index (κ3) is 7.82. The molecule has 0 spiro atoms. The van der Waals surface area contributed by atoms with Gasteiger partial charge in [0.05, 0.1) is 32.4 Å². The molecule has 0 aliphatic heterocycles. The fourth-order valence-corrected chi connectivity index (χ4v) is 2.88. The average molecular weight is 542 g/mol. The first-order chi connectivity index (χ1) is 14.5. The van der Waals surface area contributed by atoms with Crippen LogP contribution in [0.15, 0.2) is 47.5 Å². The number of carbonyl (C=O) groups is 1. The van der Waals surface area contributed by atoms with Crippen LogP contribution >= 0.6 is 24.0 Å². The molecule has 0 fully saturated rings. The van der Waals surface area contributed by atoms with Crippen molar-refractivity contribution >= 4 is 35.8 Å². The number of halogens is 1. The van der Waals surface area contributed by atoms with E-state index in [-0.39, 0.29) is 47.2 Å². The molecule has 2 rings (SSSR count). The van der Waals surface area contributed by atoms with Crippen LogP contribution in [-0.4, -0.2) is 50.8 Å². The third-order valence-corrected chi connectivity index (χ3v) is 4.42. The molecule has 1 atom stereocenters. The SMILES string of the molecule is CCNC(=NCCNC(=O)c1ccccc1O)NC(C)c1cc(OC)ccc1OC.I. The van der Waals surface area contributed by atoms with Crippen molar-refractivity contribution in [3.8, 4) is 17.2 Å². The van der Waals surface area contributed by atoms with Crippen LogP contribution in [0.1, 0.15) is 35.8 Å². The van der Waals surface area contributed by atoms with Crippen molar-refractivity contribution in [3.05, 3.63) is 53.6 Å². The lowest BCUT2D eigenvalue weighted by Crippen LogP contribution is -2.39. The zero-order valence-corrected chi connectivity index (χ0v) is 20.6. The van der Waals surface area contributed by atoms with Gasteiger partial charge >= 0.3 is 0 Å². The minimum absolute atomic E-state index is 0. The summed E-state index contributed by atoms with van der Waals surface area (Å²) in [6.07, 6.45) is 0. The van der Waals surface area contributed by atoms with Crippen molar-refractivity contribution in [2.45, 2.75) is 19.9 Å². The number of para-hydroxylation sites is 1. The number of benzene rings is 2. The summed E-state index contributed by atoms with van der Waals surface area (Å²) in [7, 11) is 3.25. The maximum absolute atomic E-state index is 12.2. The molecule has 1 amide bonds. The Bertz CT molecular complexity index is 876. The van der Waals surface area contributed by atoms with Gasteiger partial charge in [0, 0.05) is 18.7 Å². The van der Waals surface area contributed by atoms with Gasteiger partial charge in [-0.25, -0.2) is 0 Å². The number of hydrogen-bond donors (Lipinski definition) is 4. The maximum Gasteiger partial charge on any atom is 0.255 e. The molecule has 4 N–H and O–H groups in total. The van der Waals surface area contributed by atoms with Crippen molar-refractivity contribution in [1.29, 1.82) is 0 Å². The van der Waals surface area contributed by atoms with E-state index in [1.54, 1.807) is 32.4 Å². The van der Waals surface area contributed by atoms with E-state index in [1.165, 1.54) is 6.07 Å². The molecule has 0 aliphatic carbocycles. The lowest BCUT2D eigenvalue weighted by atomic mass is 10.1. The number of hydrogen-bond acceptors (Lipinski definition) is 5. The lowest BCUT2D eigenvalue weighted by molar-refractivity contribution is 0.0952. The molecular formula is C22H31IN4O4. The second-order valence-corrected chi connectivity index (χ2v) is 6.51. The van der Waals surface area contributed by atoms with Gasteiger partial charge < -0.3 is 30.5 Å². The highest BCUT2D eigenvalue weighted by atomic mass is 127. The molecule has 0 bridgehead atoms. The van der Waals surface area contributed by atoms with Crippen molar-refractivity contribution in [2.75, 3.05) is 33.9 Å². The molecule has 9 heteroatoms. The van der Waals surface area contributed by atoms with Gasteiger partial charge in [0.25, 0.3) is 5.91 Å². The minimum Gasteiger partial charge on any atom is -0.507 e. The average Bonchev–Trinajstić information content (AvgIpc) is 2.76. The Morgan fingerprint density at radius 1 is 1.13 bits per heavy atom. The number of amides is 1. The van der Waals surface area contributed by atoms with Crippen LogP contribution in [0.3, 0.4) is 0 Å². The van der Waals surface area contributed by atoms with Crippen LogP contribution in [0, 0.1) is 0 Å². The zero-order chi connectivity index (χ0) is 21.9. The summed E-state index contributed by atoms with van der Waals surface area (Å²) >= 11 is 0. The predicted molar refractivity (Wildman–Crippen MR) is 133 cm³/mol. The quantitative estimate of drug-likeness (QED) is 0.168. The van der Waals surface area contributed by atoms with E-state index in [4.69, 9.17) is 9.47 Å². The number of aliphatic imine (C=N–C) groups is 1. The van der Waals surface area contributed by atoms with Gasteiger partial charge in [0.1, 0.15) is 17.2 Å². The van der Waals surface area contributed by atoms with Gasteiger partial charge in [0.15, 0.2) is 5.96 Å². The van der Waals surface area contributed by atoms with E-state index in [0.29, 0.717) is 25.6 Å². The van der Waals surface area contributed by atoms with Crippen LogP contribution in [0.4, 0.5) is 0 Å². The molecule has 1 unspecified atom stereocenters. The van der Waals surface area contributed by atoms with Crippen molar-refractivity contribution in [1.82, 2.24) is 16.0 Å². The van der Waals surface area contributed by atoms with E-state index < -0.39 is 0 Å². The molecule has 0 heterocycles. The minimum atomic E-state index is -0.337. The summed E-state index contributed by atoms with van der Waals surface area (Å²) in [5.74, 6) is 1.73. The second kappa shape index (κ2) is 13.6. The Morgan fingerprint density at radius 2 is 1.87 bits per heavy atom. The standard InChI is InChI=1S/C22H30N4O4.HI/c1-5-23-22(25-13-12-24-21(28)17-8-6-7-9-19(17)27)26-15(2)18-14-16(29-3)10-11-20(18)30-4;/h6-11,14-15,27H,5,12-13H2,1-4H3,(H,24,28)(H2,23,25,26);1H. The van der Waals surface area contributed by atoms with Gasteiger partial charge in [-0.05, 0) is 44.2 Å². The monoisotopic (exact) mass is 542 g/mol. The van der Waals surface area contributed by atoms with E-state index >= 15 is 0 Å². The first-order valence-electron chi connectivity index (χ1n) is 9.83. The summed E-state index contributed by atoms with van der Waals surface area (Å²) in [5, 5.41) is 19.0. The number of ether oxygens (including phenoxy) is 2. The summed E-state index contributed by atoms with van der Waals surface area (Å²) in [4.78, 5) is 16.7. The lowest BCUT2D eigenvalue weighted by Gasteiger charge is -2.21. The van der Waals surface area contributed by atoms with Crippen LogP contribution in [0.5, 0.6) is 17.2 Å². The van der Waals surface area contributed by atoms with E-state index in [2.05, 4.69) is 20.9 Å². The number of nitrogens with one attached hydrogen (secondary N) is 3. The third-order valence-electron chi connectivity index (χ3n) is 4.42. The van der Waals surface area contributed by atoms with E-state index in [0.717, 1.165) is 17.1 Å². The van der Waals surface area contributed by atoms with Gasteiger partial charge in [-0.3, -0.25) is 9.79 Å². The van der Waals surface area contributed by atoms with Gasteiger partial charge in [0.2, 0.25) is 0 Å². The molecule has 8 nitrogen and oxygen atoms in total. The number of methoxy groups -OCH3 is 2. The first-order valence-corrected chi connectivity index (χ1v) is 9.83. The smallest absolute Gasteiger partial charge is 0.255 e. The van der Waals surface area contributed by atoms with Crippen molar-refractivity contribution < 1.29 is 19.4 Å². The Morgan fingerprint density at radius 3 is 2.52 bits per heavy atom. The highest BCUT2D eigenvalue weighted by molar-refractivity contribution is 14.0. The molecule has 0 aliphatic rings. The normalized spacial score (nSPS) is 11.7. The number of phenolic OH excluding ortho intramolecular Hbond substituents is 1. The second-order valence-electron chi connectivity index (χ2n) is 6.51. The highest BCUT2D eigenvalue weighted by Crippen LogP contribution is 2.29. The highest BCUT2D eigenvalue weighted by Gasteiger charge is 2.14. The van der Waals surface area contributed by atoms with Gasteiger partial charge in [-0.2, -0.15) is 0 Å². The number of phenols is 1. The number of guanidine groups is 1. The molecular weight excluding hydrogens is 511 g/mol. The van der Waals surface area contributed by atoms with Crippen LogP contribution in [0.2, 0.25) is 0 Å². The Balaban J connectivity index is 0.00000480. The van der Waals surface area contributed by atoms with Gasteiger partial charge in [-0.1, -0.05) is 12.1 Å². The summed E-state index contributed by atoms with van der Waals surface area (Å²) in [6, 6.07) is 12.0. The molecule has 2 aromatic rings. The molecule has 0 aromatic heterocycles. The number of carbonyl (C=O) groups excluding carboxylic acids is 1. The number of rotatable bonds is 9. The molecule has 0 saturated heterocycles. The number of nitrogens with zero attached hydrogens (tertiary/aromatic N) is 1. The first kappa shape index (κ1) is 26.3. The fourth-order valence-electron chi connectivity index (χ4n) is 2.88. The maximum atomic E-state index is 12.2. The fraction of sp³-hybridized carbons (Fsp3) is 0.364. The molecule has 0 saturated carbocycles. The van der Waals surface area contributed by atoms with E-state index in [9.17, 15) is 9.90 Å². The van der Waals surface area contributed by atoms with Crippen molar-refractivity contribution in [3.63, 3.8) is 0 Å². The predicted octanol–water partition coefficient (Wildman–Crippen LogP) is 3.07. The Labute approximate surface area is 200 Å². The Kier molecular flexibility index (Phi) is 11.5. The van der Waals surface area contributed by atoms with Gasteiger partial charge in [-0.15, -0.1) is 24.0 Å². The molecule has 31 heavy (non-hydrogen) atoms. The van der Waals surface area contributed by atoms with Crippen LogP contribution in [-0.2, 0) is 0 Å². The largest absolute Gasteiger partial charge is 0.507 e. The summed E-state index contributed by atoms with van der Waals surface area (Å²) < 4.78 is 10.8. The molecule has 170 valence electrons. The van der Waals surface area contributed by atoms with Crippen LogP contribution < -0.4 is 25.4 Å². The topological polar surface area (TPSA) is 104 Å². The van der Waals surface area contributed by atoms with Crippen LogP contribution in [0.25, 0.3) is 0 Å². The Hall–Kier alpha value is -2.69. The number of aromatic hydroxyl groups is 1. The van der Waals surface area contributed by atoms with Crippen molar-refractivity contribution in [2.24, 2.45) is 4.99 Å². The summed E-state index contributed by atoms with van der Waals surface area (Å²) in [6.45, 7) is 5.38. The zero-order valence-electron chi connectivity index (χ0n) is 18.3. The summed E-state index contributed by atoms with van der Waals surface area (Å²) in [5.41, 5.74) is 1.18.